The number of carbonyl (C=O) groups excluding carboxylic acids is 2. The summed E-state index contributed by atoms with van der Waals surface area (Å²) < 4.78 is 72.1. The highest BCUT2D eigenvalue weighted by Gasteiger charge is 2.32. The van der Waals surface area contributed by atoms with Gasteiger partial charge in [-0.15, -0.1) is 0 Å². The molecule has 1 fully saturated rings. The minimum atomic E-state index is -2.74. The van der Waals surface area contributed by atoms with Gasteiger partial charge in [0.25, 0.3) is 6.43 Å². The number of nitrogens with zero attached hydrogens (tertiary/aromatic N) is 4. The lowest BCUT2D eigenvalue weighted by molar-refractivity contribution is -0.115. The number of anilines is 2. The standard InChI is InChI=1S/C25H26F3N5O3S.C8H8F2O/c1-4-9-30-23(29-3)16-7-8-19(18(26)11-16)31-24(35)32-25-33(22(34)14-37-25)20-10-15(2)5-6-17(20)12-36-13-21(27)28;1-6-2-4-7(5-3-6)11-8(9)10/h5-11,21H,4,12-14H2,1-3H3,(H,31,35);2-5,8H,1H3/b29-23?,30-9?,32-25-;. The Morgan fingerprint density at radius 3 is 2.38 bits per heavy atom. The van der Waals surface area contributed by atoms with Crippen LogP contribution in [0, 0.1) is 19.7 Å². The number of rotatable bonds is 10. The summed E-state index contributed by atoms with van der Waals surface area (Å²) in [6.45, 7) is 1.95. The van der Waals surface area contributed by atoms with Gasteiger partial charge in [0.2, 0.25) is 5.91 Å². The highest BCUT2D eigenvalue weighted by atomic mass is 32.2. The Bertz CT molecular complexity index is 1650. The van der Waals surface area contributed by atoms with Gasteiger partial charge >= 0.3 is 12.6 Å². The van der Waals surface area contributed by atoms with Crippen LogP contribution in [-0.2, 0) is 16.1 Å². The number of halogens is 5. The Hall–Kier alpha value is -4.63. The molecule has 0 atom stereocenters. The summed E-state index contributed by atoms with van der Waals surface area (Å²) in [5.74, 6) is -0.472. The molecule has 3 aromatic carbocycles. The number of aryl methyl sites for hydroxylation is 2. The van der Waals surface area contributed by atoms with Crippen LogP contribution in [0.4, 0.5) is 38.1 Å². The van der Waals surface area contributed by atoms with Gasteiger partial charge in [0.15, 0.2) is 11.0 Å². The molecular weight excluding hydrogens is 657 g/mol. The second kappa shape index (κ2) is 18.6. The summed E-state index contributed by atoms with van der Waals surface area (Å²) in [7, 11) is 1.54. The van der Waals surface area contributed by atoms with Gasteiger partial charge in [0.05, 0.1) is 23.7 Å². The summed E-state index contributed by atoms with van der Waals surface area (Å²) >= 11 is 1.04. The Labute approximate surface area is 279 Å². The van der Waals surface area contributed by atoms with E-state index in [1.54, 1.807) is 56.6 Å². The molecule has 3 aromatic rings. The van der Waals surface area contributed by atoms with Crippen LogP contribution >= 0.6 is 11.8 Å². The number of thioether (sulfide) groups is 1. The smallest absolute Gasteiger partial charge is 0.387 e. The fraction of sp³-hybridized carbons (Fsp3) is 0.303. The van der Waals surface area contributed by atoms with Crippen LogP contribution in [0.15, 0.2) is 75.6 Å². The fourth-order valence-corrected chi connectivity index (χ4v) is 4.95. The maximum Gasteiger partial charge on any atom is 0.387 e. The SMILES string of the molecule is CCC=NC(=NC)c1ccc(NC(=O)/N=C2\SCC(=O)N2c2cc(C)ccc2COCC(F)F)c(F)c1.Cc1ccc(OC(F)F)cc1. The number of carbonyl (C=O) groups is 2. The summed E-state index contributed by atoms with van der Waals surface area (Å²) in [5.41, 5.74) is 3.03. The number of aliphatic imine (C=N–C) groups is 3. The Morgan fingerprint density at radius 2 is 1.75 bits per heavy atom. The van der Waals surface area contributed by atoms with Crippen molar-refractivity contribution in [1.82, 2.24) is 0 Å². The topological polar surface area (TPSA) is 105 Å². The predicted molar refractivity (Wildman–Crippen MR) is 179 cm³/mol. The van der Waals surface area contributed by atoms with E-state index in [0.717, 1.165) is 22.9 Å². The van der Waals surface area contributed by atoms with Crippen molar-refractivity contribution in [3.63, 3.8) is 0 Å². The first-order chi connectivity index (χ1) is 22.9. The third kappa shape index (κ3) is 11.6. The lowest BCUT2D eigenvalue weighted by atomic mass is 10.1. The maximum atomic E-state index is 14.7. The van der Waals surface area contributed by atoms with Crippen LogP contribution in [-0.4, -0.2) is 61.6 Å². The second-order valence-corrected chi connectivity index (χ2v) is 11.0. The number of hydrogen-bond donors (Lipinski definition) is 1. The van der Waals surface area contributed by atoms with Crippen molar-refractivity contribution in [1.29, 1.82) is 0 Å². The number of nitrogens with one attached hydrogen (secondary N) is 1. The molecule has 0 aliphatic carbocycles. The number of urea groups is 1. The van der Waals surface area contributed by atoms with Gasteiger partial charge in [-0.1, -0.05) is 48.5 Å². The van der Waals surface area contributed by atoms with Gasteiger partial charge < -0.3 is 14.8 Å². The van der Waals surface area contributed by atoms with Gasteiger partial charge in [-0.05, 0) is 62.2 Å². The van der Waals surface area contributed by atoms with Crippen LogP contribution in [0.25, 0.3) is 0 Å². The normalized spacial score (nSPS) is 14.2. The molecule has 0 radical (unpaired) electrons. The molecular formula is C33H34F5N5O4S. The van der Waals surface area contributed by atoms with Gasteiger partial charge in [-0.2, -0.15) is 13.8 Å². The van der Waals surface area contributed by atoms with E-state index in [1.165, 1.54) is 29.2 Å². The van der Waals surface area contributed by atoms with E-state index in [4.69, 9.17) is 4.74 Å². The first-order valence-corrected chi connectivity index (χ1v) is 15.5. The van der Waals surface area contributed by atoms with E-state index < -0.39 is 31.5 Å². The third-order valence-corrected chi connectivity index (χ3v) is 7.19. The molecule has 15 heteroatoms. The largest absolute Gasteiger partial charge is 0.435 e. The van der Waals surface area contributed by atoms with Crippen LogP contribution < -0.4 is 15.0 Å². The lowest BCUT2D eigenvalue weighted by Crippen LogP contribution is -2.31. The molecule has 0 bridgehead atoms. The highest BCUT2D eigenvalue weighted by Crippen LogP contribution is 2.31. The van der Waals surface area contributed by atoms with E-state index in [9.17, 15) is 31.5 Å². The Morgan fingerprint density at radius 1 is 1.04 bits per heavy atom. The van der Waals surface area contributed by atoms with Gasteiger partial charge in [0.1, 0.15) is 18.2 Å². The Kier molecular flexibility index (Phi) is 14.7. The molecule has 4 rings (SSSR count). The summed E-state index contributed by atoms with van der Waals surface area (Å²) in [6.07, 6.45) is -0.276. The van der Waals surface area contributed by atoms with Gasteiger partial charge in [0, 0.05) is 24.4 Å². The van der Waals surface area contributed by atoms with Crippen LogP contribution in [0.5, 0.6) is 5.75 Å². The number of amidine groups is 2. The number of alkyl halides is 4. The zero-order chi connectivity index (χ0) is 35.2. The zero-order valence-electron chi connectivity index (χ0n) is 26.6. The molecule has 0 spiro atoms. The molecule has 1 heterocycles. The summed E-state index contributed by atoms with van der Waals surface area (Å²) in [5, 5.41) is 2.46. The number of benzene rings is 3. The quantitative estimate of drug-likeness (QED) is 0.132. The minimum Gasteiger partial charge on any atom is -0.435 e. The van der Waals surface area contributed by atoms with E-state index in [0.29, 0.717) is 29.1 Å². The monoisotopic (exact) mass is 691 g/mol. The van der Waals surface area contributed by atoms with Crippen molar-refractivity contribution in [2.75, 3.05) is 29.6 Å². The molecule has 1 saturated heterocycles. The lowest BCUT2D eigenvalue weighted by Gasteiger charge is -2.20. The maximum absolute atomic E-state index is 14.7. The second-order valence-electron chi connectivity index (χ2n) is 10.0. The first kappa shape index (κ1) is 37.8. The van der Waals surface area contributed by atoms with E-state index >= 15 is 0 Å². The molecule has 0 saturated carbocycles. The van der Waals surface area contributed by atoms with Crippen molar-refractivity contribution in [2.45, 2.75) is 46.8 Å². The average molecular weight is 692 g/mol. The van der Waals surface area contributed by atoms with E-state index in [1.807, 2.05) is 13.8 Å². The molecule has 3 amide bonds. The highest BCUT2D eigenvalue weighted by molar-refractivity contribution is 8.15. The zero-order valence-corrected chi connectivity index (χ0v) is 27.4. The fourth-order valence-electron chi connectivity index (χ4n) is 4.09. The van der Waals surface area contributed by atoms with Crippen molar-refractivity contribution in [3.8, 4) is 5.75 Å². The van der Waals surface area contributed by atoms with Crippen molar-refractivity contribution in [3.05, 3.63) is 88.7 Å². The average Bonchev–Trinajstić information content (AvgIpc) is 3.39. The molecule has 0 aromatic heterocycles. The predicted octanol–water partition coefficient (Wildman–Crippen LogP) is 8.04. The third-order valence-electron chi connectivity index (χ3n) is 6.27. The first-order valence-electron chi connectivity index (χ1n) is 14.5. The molecule has 1 aliphatic heterocycles. The summed E-state index contributed by atoms with van der Waals surface area (Å²) in [6, 6.07) is 14.8. The molecule has 0 unspecified atom stereocenters. The van der Waals surface area contributed by atoms with E-state index in [2.05, 4.69) is 25.0 Å². The summed E-state index contributed by atoms with van der Waals surface area (Å²) in [4.78, 5) is 38.8. The minimum absolute atomic E-state index is 0.0256. The van der Waals surface area contributed by atoms with Crippen molar-refractivity contribution < 1.29 is 41.0 Å². The van der Waals surface area contributed by atoms with Crippen LogP contribution in [0.1, 0.15) is 35.6 Å². The molecule has 48 heavy (non-hydrogen) atoms. The number of ether oxygens (including phenoxy) is 2. The van der Waals surface area contributed by atoms with Crippen molar-refractivity contribution >= 4 is 52.3 Å². The van der Waals surface area contributed by atoms with Gasteiger partial charge in [-0.25, -0.2) is 23.0 Å². The Balaban J connectivity index is 0.000000480. The number of amides is 3. The molecule has 256 valence electrons. The number of hydrogen-bond acceptors (Lipinski definition) is 6. The molecule has 1 N–H and O–H groups in total. The van der Waals surface area contributed by atoms with Gasteiger partial charge in [-0.3, -0.25) is 14.7 Å². The van der Waals surface area contributed by atoms with E-state index in [-0.39, 0.29) is 34.9 Å². The van der Waals surface area contributed by atoms with Crippen molar-refractivity contribution in [2.24, 2.45) is 15.0 Å². The van der Waals surface area contributed by atoms with Crippen LogP contribution in [0.3, 0.4) is 0 Å². The molecule has 9 nitrogen and oxygen atoms in total. The molecule has 1 aliphatic rings. The van der Waals surface area contributed by atoms with Crippen LogP contribution in [0.2, 0.25) is 0 Å².